The number of hydrogen-bond donors (Lipinski definition) is 2. The van der Waals surface area contributed by atoms with Crippen LogP contribution in [0.2, 0.25) is 0 Å². The maximum atomic E-state index is 11.9. The number of fused-ring (bicyclic) bond motifs is 1. The number of nitrogens with one attached hydrogen (secondary N) is 2. The van der Waals surface area contributed by atoms with Gasteiger partial charge in [0.05, 0.1) is 0 Å². The molecule has 3 aromatic rings. The largest absolute Gasteiger partial charge is 0.484 e. The third-order valence-corrected chi connectivity index (χ3v) is 4.16. The van der Waals surface area contributed by atoms with Gasteiger partial charge in [0.25, 0.3) is 11.8 Å². The van der Waals surface area contributed by atoms with Crippen molar-refractivity contribution in [2.75, 3.05) is 13.2 Å². The van der Waals surface area contributed by atoms with Gasteiger partial charge < -0.3 is 9.47 Å². The quantitative estimate of drug-likeness (QED) is 0.591. The van der Waals surface area contributed by atoms with Gasteiger partial charge in [-0.3, -0.25) is 20.4 Å². The second kappa shape index (κ2) is 9.05. The standard InChI is InChI=1S/C20H17BrN2O4/c21-15-8-10-16(11-9-15)26-12-19(24)22-23-20(25)13-27-18-7-3-5-14-4-1-2-6-17(14)18/h1-11H,12-13H2,(H,22,24)(H,23,25). The lowest BCUT2D eigenvalue weighted by Crippen LogP contribution is -2.45. The number of hydrazine groups is 1. The molecule has 0 aliphatic carbocycles. The molecule has 0 saturated heterocycles. The average Bonchev–Trinajstić information content (AvgIpc) is 2.70. The zero-order valence-corrected chi connectivity index (χ0v) is 15.9. The van der Waals surface area contributed by atoms with E-state index >= 15 is 0 Å². The lowest BCUT2D eigenvalue weighted by Gasteiger charge is -2.11. The molecule has 0 saturated carbocycles. The van der Waals surface area contributed by atoms with Crippen LogP contribution in [0.1, 0.15) is 0 Å². The molecule has 6 nitrogen and oxygen atoms in total. The third-order valence-electron chi connectivity index (χ3n) is 3.63. The molecule has 2 N–H and O–H groups in total. The molecule has 0 spiro atoms. The molecular formula is C20H17BrN2O4. The van der Waals surface area contributed by atoms with Crippen molar-refractivity contribution in [2.24, 2.45) is 0 Å². The highest BCUT2D eigenvalue weighted by Gasteiger charge is 2.08. The number of benzene rings is 3. The average molecular weight is 429 g/mol. The molecule has 2 amide bonds. The summed E-state index contributed by atoms with van der Waals surface area (Å²) < 4.78 is 11.8. The van der Waals surface area contributed by atoms with Crippen molar-refractivity contribution in [1.29, 1.82) is 0 Å². The van der Waals surface area contributed by atoms with Crippen LogP contribution in [0.5, 0.6) is 11.5 Å². The minimum Gasteiger partial charge on any atom is -0.484 e. The second-order valence-corrected chi connectivity index (χ2v) is 6.52. The third kappa shape index (κ3) is 5.46. The van der Waals surface area contributed by atoms with Crippen LogP contribution in [0.4, 0.5) is 0 Å². The Morgan fingerprint density at radius 2 is 1.41 bits per heavy atom. The summed E-state index contributed by atoms with van der Waals surface area (Å²) >= 11 is 3.32. The van der Waals surface area contributed by atoms with Crippen LogP contribution in [0.25, 0.3) is 10.8 Å². The van der Waals surface area contributed by atoms with Crippen molar-refractivity contribution >= 4 is 38.5 Å². The molecule has 0 radical (unpaired) electrons. The van der Waals surface area contributed by atoms with E-state index in [1.54, 1.807) is 30.3 Å². The van der Waals surface area contributed by atoms with Gasteiger partial charge in [0, 0.05) is 9.86 Å². The van der Waals surface area contributed by atoms with E-state index in [0.29, 0.717) is 11.5 Å². The molecule has 3 rings (SSSR count). The van der Waals surface area contributed by atoms with E-state index in [4.69, 9.17) is 9.47 Å². The van der Waals surface area contributed by atoms with Crippen LogP contribution < -0.4 is 20.3 Å². The van der Waals surface area contributed by atoms with E-state index in [1.165, 1.54) is 0 Å². The van der Waals surface area contributed by atoms with Gasteiger partial charge in [0.15, 0.2) is 13.2 Å². The zero-order valence-electron chi connectivity index (χ0n) is 14.3. The minimum atomic E-state index is -0.476. The lowest BCUT2D eigenvalue weighted by atomic mass is 10.1. The van der Waals surface area contributed by atoms with Crippen LogP contribution >= 0.6 is 15.9 Å². The Balaban J connectivity index is 1.42. The Labute approximate surface area is 164 Å². The molecule has 138 valence electrons. The smallest absolute Gasteiger partial charge is 0.276 e. The summed E-state index contributed by atoms with van der Waals surface area (Å²) in [6.07, 6.45) is 0. The van der Waals surface area contributed by atoms with Crippen molar-refractivity contribution in [2.45, 2.75) is 0 Å². The summed E-state index contributed by atoms with van der Waals surface area (Å²) in [5.74, 6) is 0.212. The number of halogens is 1. The SMILES string of the molecule is O=C(COc1ccc(Br)cc1)NNC(=O)COc1cccc2ccccc12. The molecule has 0 atom stereocenters. The van der Waals surface area contributed by atoms with Crippen LogP contribution in [0.3, 0.4) is 0 Å². The number of ether oxygens (including phenoxy) is 2. The molecule has 0 unspecified atom stereocenters. The highest BCUT2D eigenvalue weighted by Crippen LogP contribution is 2.24. The Morgan fingerprint density at radius 3 is 2.15 bits per heavy atom. The summed E-state index contributed by atoms with van der Waals surface area (Å²) in [4.78, 5) is 23.6. The zero-order chi connectivity index (χ0) is 19.1. The summed E-state index contributed by atoms with van der Waals surface area (Å²) in [6.45, 7) is -0.437. The molecule has 0 aliphatic rings. The number of carbonyl (C=O) groups excluding carboxylic acids is 2. The number of rotatable bonds is 6. The van der Waals surface area contributed by atoms with Gasteiger partial charge in [-0.05, 0) is 35.7 Å². The predicted molar refractivity (Wildman–Crippen MR) is 105 cm³/mol. The van der Waals surface area contributed by atoms with Crippen molar-refractivity contribution in [3.8, 4) is 11.5 Å². The summed E-state index contributed by atoms with van der Waals surface area (Å²) in [7, 11) is 0. The molecule has 7 heteroatoms. The fourth-order valence-electron chi connectivity index (χ4n) is 2.36. The first-order valence-corrected chi connectivity index (χ1v) is 8.98. The lowest BCUT2D eigenvalue weighted by molar-refractivity contribution is -0.130. The maximum Gasteiger partial charge on any atom is 0.276 e. The molecule has 0 heterocycles. The monoisotopic (exact) mass is 428 g/mol. The number of amides is 2. The first kappa shape index (κ1) is 18.7. The Kier molecular flexibility index (Phi) is 6.27. The molecule has 0 aliphatic heterocycles. The van der Waals surface area contributed by atoms with E-state index in [1.807, 2.05) is 36.4 Å². The van der Waals surface area contributed by atoms with Gasteiger partial charge in [0.2, 0.25) is 0 Å². The second-order valence-electron chi connectivity index (χ2n) is 5.60. The summed E-state index contributed by atoms with van der Waals surface area (Å²) in [5.41, 5.74) is 4.58. The van der Waals surface area contributed by atoms with Gasteiger partial charge in [-0.2, -0.15) is 0 Å². The topological polar surface area (TPSA) is 76.7 Å². The minimum absolute atomic E-state index is 0.216. The summed E-state index contributed by atoms with van der Waals surface area (Å²) in [5, 5.41) is 1.94. The van der Waals surface area contributed by atoms with Gasteiger partial charge in [-0.25, -0.2) is 0 Å². The molecule has 0 aromatic heterocycles. The fraction of sp³-hybridized carbons (Fsp3) is 0.100. The van der Waals surface area contributed by atoms with Crippen LogP contribution in [0, 0.1) is 0 Å². The Morgan fingerprint density at radius 1 is 0.778 bits per heavy atom. The fourth-order valence-corrected chi connectivity index (χ4v) is 2.62. The van der Waals surface area contributed by atoms with Crippen molar-refractivity contribution in [1.82, 2.24) is 10.9 Å². The van der Waals surface area contributed by atoms with E-state index in [2.05, 4.69) is 26.8 Å². The van der Waals surface area contributed by atoms with Gasteiger partial charge in [-0.15, -0.1) is 0 Å². The number of hydrogen-bond acceptors (Lipinski definition) is 4. The normalized spacial score (nSPS) is 10.3. The van der Waals surface area contributed by atoms with Gasteiger partial charge >= 0.3 is 0 Å². The van der Waals surface area contributed by atoms with Crippen LogP contribution in [0.15, 0.2) is 71.2 Å². The van der Waals surface area contributed by atoms with Crippen molar-refractivity contribution in [3.63, 3.8) is 0 Å². The molecule has 27 heavy (non-hydrogen) atoms. The molecule has 3 aromatic carbocycles. The van der Waals surface area contributed by atoms with Gasteiger partial charge in [-0.1, -0.05) is 52.3 Å². The Bertz CT molecular complexity index is 939. The van der Waals surface area contributed by atoms with E-state index < -0.39 is 11.8 Å². The number of carbonyl (C=O) groups is 2. The summed E-state index contributed by atoms with van der Waals surface area (Å²) in [6, 6.07) is 20.4. The highest BCUT2D eigenvalue weighted by atomic mass is 79.9. The molecule has 0 fully saturated rings. The first-order chi connectivity index (χ1) is 13.1. The Hall–Kier alpha value is -3.06. The van der Waals surface area contributed by atoms with E-state index in [0.717, 1.165) is 15.2 Å². The van der Waals surface area contributed by atoms with Crippen molar-refractivity contribution < 1.29 is 19.1 Å². The van der Waals surface area contributed by atoms with Crippen molar-refractivity contribution in [3.05, 3.63) is 71.2 Å². The van der Waals surface area contributed by atoms with E-state index in [-0.39, 0.29) is 13.2 Å². The predicted octanol–water partition coefficient (Wildman–Crippen LogP) is 3.21. The maximum absolute atomic E-state index is 11.9. The molecule has 0 bridgehead atoms. The molecular weight excluding hydrogens is 412 g/mol. The first-order valence-electron chi connectivity index (χ1n) is 8.18. The van der Waals surface area contributed by atoms with E-state index in [9.17, 15) is 9.59 Å². The van der Waals surface area contributed by atoms with Gasteiger partial charge in [0.1, 0.15) is 11.5 Å². The van der Waals surface area contributed by atoms with Crippen LogP contribution in [-0.2, 0) is 9.59 Å². The van der Waals surface area contributed by atoms with Crippen LogP contribution in [-0.4, -0.2) is 25.0 Å². The highest BCUT2D eigenvalue weighted by molar-refractivity contribution is 9.10.